The fraction of sp³-hybridized carbons (Fsp3) is 0.440. The normalized spacial score (nSPS) is 13.4. The van der Waals surface area contributed by atoms with Crippen molar-refractivity contribution in [3.8, 4) is 0 Å². The third kappa shape index (κ3) is 8.18. The van der Waals surface area contributed by atoms with Gasteiger partial charge in [-0.1, -0.05) is 70.7 Å². The molecule has 0 amide bonds. The highest BCUT2D eigenvalue weighted by atomic mass is 14.5. The standard InChI is InChI=1S/C20H23B.C3H9N.C2H6/c1-5-16-7-12-20(14(3)13-16)15(4)19(6-2)17-8-10-18(21)11-9-17;1-2-3-4;1-2/h6-8,10,12-13H,4-5,9,11H2,1-3H3;2-4H2,1H3;1-2H3/b19-6+;;. The van der Waals surface area contributed by atoms with Gasteiger partial charge in [0.25, 0.3) is 0 Å². The monoisotopic (exact) mass is 363 g/mol. The summed E-state index contributed by atoms with van der Waals surface area (Å²) in [5.74, 6) is 0. The predicted molar refractivity (Wildman–Crippen MR) is 125 cm³/mol. The predicted octanol–water partition coefficient (Wildman–Crippen LogP) is 6.67. The van der Waals surface area contributed by atoms with Gasteiger partial charge in [0.2, 0.25) is 0 Å². The van der Waals surface area contributed by atoms with Crippen LogP contribution in [0.4, 0.5) is 0 Å². The van der Waals surface area contributed by atoms with Crippen LogP contribution in [0.25, 0.3) is 5.57 Å². The van der Waals surface area contributed by atoms with E-state index in [-0.39, 0.29) is 0 Å². The largest absolute Gasteiger partial charge is 0.330 e. The number of aryl methyl sites for hydroxylation is 2. The van der Waals surface area contributed by atoms with Gasteiger partial charge in [0.1, 0.15) is 7.85 Å². The van der Waals surface area contributed by atoms with Crippen molar-refractivity contribution in [1.82, 2.24) is 0 Å². The number of rotatable bonds is 5. The van der Waals surface area contributed by atoms with E-state index >= 15 is 0 Å². The molecule has 27 heavy (non-hydrogen) atoms. The third-order valence-electron chi connectivity index (χ3n) is 4.45. The second-order valence-corrected chi connectivity index (χ2v) is 6.41. The minimum atomic E-state index is 0.819. The van der Waals surface area contributed by atoms with E-state index in [1.54, 1.807) is 0 Å². The van der Waals surface area contributed by atoms with Gasteiger partial charge < -0.3 is 5.73 Å². The molecule has 0 aliphatic heterocycles. The third-order valence-corrected chi connectivity index (χ3v) is 4.45. The minimum absolute atomic E-state index is 0.819. The first-order valence-corrected chi connectivity index (χ1v) is 10.3. The molecule has 2 heteroatoms. The van der Waals surface area contributed by atoms with Crippen LogP contribution >= 0.6 is 0 Å². The highest BCUT2D eigenvalue weighted by Crippen LogP contribution is 2.33. The smallest absolute Gasteiger partial charge is 0.107 e. The molecule has 1 aromatic carbocycles. The van der Waals surface area contributed by atoms with Gasteiger partial charge in [-0.15, -0.1) is 5.47 Å². The molecule has 0 spiro atoms. The summed E-state index contributed by atoms with van der Waals surface area (Å²) >= 11 is 0. The Balaban J connectivity index is 0.000000998. The number of hydrogen-bond acceptors (Lipinski definition) is 1. The molecule has 0 unspecified atom stereocenters. The van der Waals surface area contributed by atoms with Crippen LogP contribution in [0.2, 0.25) is 0 Å². The van der Waals surface area contributed by atoms with Gasteiger partial charge in [-0.05, 0) is 79.5 Å². The molecule has 0 aromatic heterocycles. The maximum atomic E-state index is 5.86. The molecule has 146 valence electrons. The Morgan fingerprint density at radius 1 is 1.19 bits per heavy atom. The van der Waals surface area contributed by atoms with E-state index in [0.29, 0.717) is 0 Å². The van der Waals surface area contributed by atoms with Crippen molar-refractivity contribution in [1.29, 1.82) is 0 Å². The van der Waals surface area contributed by atoms with Crippen LogP contribution in [0.3, 0.4) is 0 Å². The van der Waals surface area contributed by atoms with Crippen LogP contribution in [0, 0.1) is 6.92 Å². The van der Waals surface area contributed by atoms with E-state index in [9.17, 15) is 0 Å². The lowest BCUT2D eigenvalue weighted by Crippen LogP contribution is -2.00. The first kappa shape index (κ1) is 25.2. The molecule has 0 atom stereocenters. The van der Waals surface area contributed by atoms with Crippen molar-refractivity contribution < 1.29 is 0 Å². The maximum absolute atomic E-state index is 5.86. The summed E-state index contributed by atoms with van der Waals surface area (Å²) in [7, 11) is 5.86. The van der Waals surface area contributed by atoms with Gasteiger partial charge >= 0.3 is 0 Å². The van der Waals surface area contributed by atoms with E-state index in [0.717, 1.165) is 43.3 Å². The van der Waals surface area contributed by atoms with Crippen LogP contribution in [0.5, 0.6) is 0 Å². The molecule has 2 N–H and O–H groups in total. The van der Waals surface area contributed by atoms with Crippen LogP contribution in [0.15, 0.2) is 59.6 Å². The van der Waals surface area contributed by atoms with Gasteiger partial charge in [0, 0.05) is 0 Å². The molecule has 1 aliphatic rings. The van der Waals surface area contributed by atoms with Crippen molar-refractivity contribution in [3.05, 3.63) is 76.3 Å². The van der Waals surface area contributed by atoms with Gasteiger partial charge in [-0.25, -0.2) is 0 Å². The molecule has 1 nitrogen and oxygen atoms in total. The van der Waals surface area contributed by atoms with Crippen molar-refractivity contribution in [2.75, 3.05) is 6.54 Å². The van der Waals surface area contributed by atoms with Gasteiger partial charge in [-0.3, -0.25) is 0 Å². The van der Waals surface area contributed by atoms with E-state index < -0.39 is 0 Å². The summed E-state index contributed by atoms with van der Waals surface area (Å²) in [6.45, 7) is 17.7. The first-order valence-electron chi connectivity index (χ1n) is 10.3. The molecule has 0 bridgehead atoms. The van der Waals surface area contributed by atoms with Gasteiger partial charge in [0.05, 0.1) is 0 Å². The van der Waals surface area contributed by atoms with Crippen LogP contribution in [-0.2, 0) is 6.42 Å². The zero-order chi connectivity index (χ0) is 20.8. The SMILES string of the molecule is CC.CCCN.[B]C1=CC=C(/C(=C/C)C(=C)c2ccc(CC)cc2C)CC1. The van der Waals surface area contributed by atoms with E-state index in [4.69, 9.17) is 13.6 Å². The Labute approximate surface area is 169 Å². The van der Waals surface area contributed by atoms with Gasteiger partial charge in [-0.2, -0.15) is 0 Å². The lowest BCUT2D eigenvalue weighted by Gasteiger charge is -2.19. The summed E-state index contributed by atoms with van der Waals surface area (Å²) in [5, 5.41) is 0. The first-order chi connectivity index (χ1) is 13.0. The topological polar surface area (TPSA) is 26.0 Å². The molecule has 0 fully saturated rings. The average Bonchev–Trinajstić information content (AvgIpc) is 2.71. The van der Waals surface area contributed by atoms with E-state index in [2.05, 4.69) is 64.6 Å². The van der Waals surface area contributed by atoms with Crippen molar-refractivity contribution >= 4 is 13.4 Å². The summed E-state index contributed by atoms with van der Waals surface area (Å²) in [6.07, 6.45) is 10.4. The van der Waals surface area contributed by atoms with E-state index in [1.165, 1.54) is 27.8 Å². The molecule has 2 radical (unpaired) electrons. The molecule has 2 rings (SSSR count). The van der Waals surface area contributed by atoms with Crippen molar-refractivity contribution in [2.45, 2.75) is 67.2 Å². The molecule has 0 heterocycles. The lowest BCUT2D eigenvalue weighted by molar-refractivity contribution is 0.932. The second-order valence-electron chi connectivity index (χ2n) is 6.41. The Hall–Kier alpha value is -1.80. The van der Waals surface area contributed by atoms with Crippen LogP contribution < -0.4 is 5.73 Å². The van der Waals surface area contributed by atoms with E-state index in [1.807, 2.05) is 19.9 Å². The molecular formula is C25H38BN. The minimum Gasteiger partial charge on any atom is -0.330 e. The Morgan fingerprint density at radius 2 is 1.81 bits per heavy atom. The Kier molecular flexibility index (Phi) is 13.3. The molecule has 1 aromatic rings. The number of hydrogen-bond donors (Lipinski definition) is 1. The highest BCUT2D eigenvalue weighted by molar-refractivity contribution is 6.21. The highest BCUT2D eigenvalue weighted by Gasteiger charge is 2.13. The lowest BCUT2D eigenvalue weighted by atomic mass is 9.81. The zero-order valence-corrected chi connectivity index (χ0v) is 18.4. The number of benzene rings is 1. The summed E-state index contributed by atoms with van der Waals surface area (Å²) < 4.78 is 0. The van der Waals surface area contributed by atoms with Crippen LogP contribution in [-0.4, -0.2) is 14.4 Å². The zero-order valence-electron chi connectivity index (χ0n) is 18.4. The average molecular weight is 363 g/mol. The fourth-order valence-corrected chi connectivity index (χ4v) is 2.86. The summed E-state index contributed by atoms with van der Waals surface area (Å²) in [5.41, 5.74) is 13.6. The molecule has 0 saturated heterocycles. The molecule has 1 aliphatic carbocycles. The second kappa shape index (κ2) is 14.3. The van der Waals surface area contributed by atoms with Crippen LogP contribution in [0.1, 0.15) is 70.6 Å². The molecular weight excluding hydrogens is 325 g/mol. The van der Waals surface area contributed by atoms with Crippen molar-refractivity contribution in [2.24, 2.45) is 5.73 Å². The summed E-state index contributed by atoms with van der Waals surface area (Å²) in [4.78, 5) is 0. The van der Waals surface area contributed by atoms with Gasteiger partial charge in [0.15, 0.2) is 0 Å². The fourth-order valence-electron chi connectivity index (χ4n) is 2.86. The quantitative estimate of drug-likeness (QED) is 0.459. The molecule has 0 saturated carbocycles. The van der Waals surface area contributed by atoms with Crippen molar-refractivity contribution in [3.63, 3.8) is 0 Å². The summed E-state index contributed by atoms with van der Waals surface area (Å²) in [6, 6.07) is 6.67. The number of allylic oxidation sites excluding steroid dienone is 7. The number of nitrogens with two attached hydrogens (primary N) is 1. The Bertz CT molecular complexity index is 676. The maximum Gasteiger partial charge on any atom is 0.107 e. The Morgan fingerprint density at radius 3 is 2.22 bits per heavy atom.